The maximum Gasteiger partial charge on any atom is 0.523 e. The Kier molecular flexibility index (Phi) is 6.22. The molecule has 1 amide bonds. The largest absolute Gasteiger partial charge is 0.523 e. The zero-order valence-corrected chi connectivity index (χ0v) is 19.0. The Labute approximate surface area is 192 Å². The number of furan rings is 1. The average molecular weight is 531 g/mol. The summed E-state index contributed by atoms with van der Waals surface area (Å²) in [6.07, 6.45) is -4.00. The second kappa shape index (κ2) is 8.48. The molecule has 0 N–H and O–H groups in total. The standard InChI is InChI=1S/C20H19F6NO5S2/c21-19(22,23)14-3-1-2-13(12-14)16-4-5-17(31-16)18(28)27-8-11-33(9-6-15(27)7-10-33)32-34(29,30)20(24,25)26/h1-5,12,15H,6-11H2. The van der Waals surface area contributed by atoms with E-state index in [0.717, 1.165) is 12.1 Å². The lowest BCUT2D eigenvalue weighted by Gasteiger charge is -2.40. The number of rotatable bonds is 4. The first-order valence-electron chi connectivity index (χ1n) is 10.1. The smallest absolute Gasteiger partial charge is 0.451 e. The minimum absolute atomic E-state index is 0.0220. The molecule has 14 heteroatoms. The van der Waals surface area contributed by atoms with E-state index >= 15 is 0 Å². The summed E-state index contributed by atoms with van der Waals surface area (Å²) in [6.45, 7) is -0.0220. The molecule has 1 aromatic carbocycles. The van der Waals surface area contributed by atoms with E-state index < -0.39 is 43.6 Å². The SMILES string of the molecule is O=C(c1ccc(-c2cccc(C(F)(F)F)c2)o1)N1CCS2(OS(=O)(=O)C(F)(F)F)CCC1CC2. The fourth-order valence-electron chi connectivity index (χ4n) is 4.11. The zero-order valence-electron chi connectivity index (χ0n) is 17.4. The number of fused-ring (bicyclic) bond motifs is 4. The van der Waals surface area contributed by atoms with Crippen molar-refractivity contribution in [3.63, 3.8) is 0 Å². The molecule has 3 saturated heterocycles. The molecule has 0 spiro atoms. The van der Waals surface area contributed by atoms with Gasteiger partial charge in [-0.1, -0.05) is 12.1 Å². The van der Waals surface area contributed by atoms with Crippen LogP contribution in [-0.4, -0.2) is 54.6 Å². The van der Waals surface area contributed by atoms with E-state index in [9.17, 15) is 39.6 Å². The Morgan fingerprint density at radius 1 is 1.03 bits per heavy atom. The van der Waals surface area contributed by atoms with Crippen molar-refractivity contribution in [2.45, 2.75) is 30.6 Å². The van der Waals surface area contributed by atoms with Gasteiger partial charge >= 0.3 is 21.8 Å². The van der Waals surface area contributed by atoms with Crippen LogP contribution in [0.5, 0.6) is 0 Å². The number of halogens is 6. The van der Waals surface area contributed by atoms with Gasteiger partial charge in [-0.15, -0.1) is 10.3 Å². The number of alkyl halides is 6. The van der Waals surface area contributed by atoms with Gasteiger partial charge in [-0.2, -0.15) is 34.8 Å². The van der Waals surface area contributed by atoms with E-state index in [2.05, 4.69) is 0 Å². The molecule has 0 radical (unpaired) electrons. The third-order valence-electron chi connectivity index (χ3n) is 5.86. The van der Waals surface area contributed by atoms with Gasteiger partial charge in [-0.3, -0.25) is 4.79 Å². The van der Waals surface area contributed by atoms with E-state index in [0.29, 0.717) is 0 Å². The average Bonchev–Trinajstić information content (AvgIpc) is 3.10. The molecule has 34 heavy (non-hydrogen) atoms. The zero-order chi connectivity index (χ0) is 24.9. The molecule has 3 aliphatic rings. The maximum atomic E-state index is 13.1. The van der Waals surface area contributed by atoms with Crippen molar-refractivity contribution >= 4 is 26.3 Å². The number of hydrogen-bond acceptors (Lipinski definition) is 5. The number of amides is 1. The summed E-state index contributed by atoms with van der Waals surface area (Å²) in [7, 11) is -8.35. The third-order valence-corrected chi connectivity index (χ3v) is 11.2. The van der Waals surface area contributed by atoms with Crippen LogP contribution in [0, 0.1) is 0 Å². The number of benzene rings is 1. The molecule has 3 aliphatic heterocycles. The van der Waals surface area contributed by atoms with Crippen molar-refractivity contribution in [1.29, 1.82) is 0 Å². The third kappa shape index (κ3) is 4.80. The molecule has 6 nitrogen and oxygen atoms in total. The molecular weight excluding hydrogens is 512 g/mol. The van der Waals surface area contributed by atoms with Gasteiger partial charge < -0.3 is 9.32 Å². The van der Waals surface area contributed by atoms with E-state index in [4.69, 9.17) is 8.05 Å². The van der Waals surface area contributed by atoms with Crippen LogP contribution in [0.1, 0.15) is 29.0 Å². The van der Waals surface area contributed by atoms with E-state index in [-0.39, 0.29) is 59.8 Å². The van der Waals surface area contributed by atoms with Crippen molar-refractivity contribution in [3.05, 3.63) is 47.7 Å². The summed E-state index contributed by atoms with van der Waals surface area (Å²) in [6, 6.07) is 6.77. The first-order chi connectivity index (χ1) is 15.7. The first kappa shape index (κ1) is 24.9. The molecule has 0 aliphatic carbocycles. The van der Waals surface area contributed by atoms with Crippen LogP contribution < -0.4 is 0 Å². The number of carbonyl (C=O) groups excluding carboxylic acids is 1. The summed E-state index contributed by atoms with van der Waals surface area (Å²) < 4.78 is 111. The van der Waals surface area contributed by atoms with Gasteiger partial charge in [0.1, 0.15) is 5.76 Å². The van der Waals surface area contributed by atoms with Crippen LogP contribution in [0.3, 0.4) is 0 Å². The van der Waals surface area contributed by atoms with Crippen molar-refractivity contribution < 1.29 is 47.6 Å². The summed E-state index contributed by atoms with van der Waals surface area (Å²) in [4.78, 5) is 14.5. The van der Waals surface area contributed by atoms with Gasteiger partial charge in [0.15, 0.2) is 5.76 Å². The second-order valence-corrected chi connectivity index (χ2v) is 13.1. The van der Waals surface area contributed by atoms with Gasteiger partial charge in [-0.05, 0) is 37.1 Å². The Balaban J connectivity index is 1.52. The van der Waals surface area contributed by atoms with Gasteiger partial charge in [-0.25, -0.2) is 3.63 Å². The normalized spacial score (nSPS) is 25.6. The minimum atomic E-state index is -5.76. The molecule has 4 heterocycles. The second-order valence-electron chi connectivity index (χ2n) is 8.02. The highest BCUT2D eigenvalue weighted by Crippen LogP contribution is 2.58. The highest BCUT2D eigenvalue weighted by molar-refractivity contribution is 8.33. The number of hydrogen-bond donors (Lipinski definition) is 0. The van der Waals surface area contributed by atoms with Gasteiger partial charge in [0.2, 0.25) is 0 Å². The summed E-state index contributed by atoms with van der Waals surface area (Å²) >= 11 is 0. The predicted octanol–water partition coefficient (Wildman–Crippen LogP) is 5.17. The van der Waals surface area contributed by atoms with Crippen molar-refractivity contribution in [3.8, 4) is 11.3 Å². The highest BCUT2D eigenvalue weighted by Gasteiger charge is 2.52. The topological polar surface area (TPSA) is 76.8 Å². The van der Waals surface area contributed by atoms with Crippen LogP contribution >= 0.6 is 10.3 Å². The van der Waals surface area contributed by atoms with Crippen LogP contribution in [0.25, 0.3) is 11.3 Å². The molecule has 1 aromatic heterocycles. The fourth-order valence-corrected chi connectivity index (χ4v) is 9.30. The Hall–Kier alpha value is -2.19. The molecular formula is C20H19F6NO5S2. The molecule has 3 fully saturated rings. The molecule has 0 unspecified atom stereocenters. The fraction of sp³-hybridized carbons (Fsp3) is 0.450. The lowest BCUT2D eigenvalue weighted by Crippen LogP contribution is -2.41. The highest BCUT2D eigenvalue weighted by atomic mass is 32.3. The van der Waals surface area contributed by atoms with Crippen molar-refractivity contribution in [1.82, 2.24) is 4.90 Å². The summed E-state index contributed by atoms with van der Waals surface area (Å²) in [5.41, 5.74) is -6.28. The summed E-state index contributed by atoms with van der Waals surface area (Å²) in [5.74, 6) is -0.458. The van der Waals surface area contributed by atoms with Crippen LogP contribution in [0.2, 0.25) is 0 Å². The van der Waals surface area contributed by atoms with Crippen LogP contribution in [0.15, 0.2) is 40.8 Å². The van der Waals surface area contributed by atoms with Gasteiger partial charge in [0.25, 0.3) is 5.91 Å². The molecule has 5 rings (SSSR count). The first-order valence-corrected chi connectivity index (χ1v) is 13.6. The lowest BCUT2D eigenvalue weighted by molar-refractivity contribution is -0.137. The van der Waals surface area contributed by atoms with E-state index in [1.165, 1.54) is 29.2 Å². The van der Waals surface area contributed by atoms with Crippen LogP contribution in [-0.2, 0) is 19.9 Å². The Bertz CT molecular complexity index is 1180. The Morgan fingerprint density at radius 2 is 1.71 bits per heavy atom. The Morgan fingerprint density at radius 3 is 2.32 bits per heavy atom. The molecule has 188 valence electrons. The van der Waals surface area contributed by atoms with Gasteiger partial charge in [0, 0.05) is 35.4 Å². The number of carbonyl (C=O) groups is 1. The van der Waals surface area contributed by atoms with Gasteiger partial charge in [0.05, 0.1) is 5.56 Å². The molecule has 2 bridgehead atoms. The predicted molar refractivity (Wildman–Crippen MR) is 111 cm³/mol. The lowest BCUT2D eigenvalue weighted by atomic mass is 10.1. The summed E-state index contributed by atoms with van der Waals surface area (Å²) in [5, 5.41) is 0. The van der Waals surface area contributed by atoms with E-state index in [1.807, 2.05) is 0 Å². The molecule has 0 atom stereocenters. The monoisotopic (exact) mass is 531 g/mol. The van der Waals surface area contributed by atoms with Crippen molar-refractivity contribution in [2.24, 2.45) is 0 Å². The molecule has 2 aromatic rings. The number of nitrogens with zero attached hydrogens (tertiary/aromatic N) is 1. The maximum absolute atomic E-state index is 13.1. The minimum Gasteiger partial charge on any atom is -0.451 e. The van der Waals surface area contributed by atoms with Crippen LogP contribution in [0.4, 0.5) is 26.3 Å². The van der Waals surface area contributed by atoms with E-state index in [1.54, 1.807) is 0 Å². The quantitative estimate of drug-likeness (QED) is 0.402. The van der Waals surface area contributed by atoms with Crippen molar-refractivity contribution in [2.75, 3.05) is 23.8 Å². The molecule has 0 saturated carbocycles.